The van der Waals surface area contributed by atoms with Crippen molar-refractivity contribution in [2.24, 2.45) is 0 Å². The van der Waals surface area contributed by atoms with Crippen molar-refractivity contribution in [1.29, 1.82) is 0 Å². The van der Waals surface area contributed by atoms with Crippen LogP contribution in [0.25, 0.3) is 0 Å². The molecule has 1 aromatic heterocycles. The third-order valence-electron chi connectivity index (χ3n) is 2.88. The van der Waals surface area contributed by atoms with Crippen molar-refractivity contribution in [3.63, 3.8) is 0 Å². The maximum atomic E-state index is 12.4. The maximum absolute atomic E-state index is 12.4. The molecule has 0 aromatic carbocycles. The van der Waals surface area contributed by atoms with E-state index in [9.17, 15) is 14.7 Å². The highest BCUT2D eigenvalue weighted by molar-refractivity contribution is 8.12. The van der Waals surface area contributed by atoms with E-state index < -0.39 is 38.4 Å². The lowest BCUT2D eigenvalue weighted by Gasteiger charge is -2.21. The van der Waals surface area contributed by atoms with Crippen LogP contribution in [0, 0.1) is 0 Å². The molecule has 1 aliphatic rings. The molecule has 0 spiro atoms. The Bertz CT molecular complexity index is 530. The van der Waals surface area contributed by atoms with Gasteiger partial charge in [-0.25, -0.2) is 0 Å². The van der Waals surface area contributed by atoms with Crippen LogP contribution in [0.2, 0.25) is 0 Å². The molecule has 1 aromatic rings. The summed E-state index contributed by atoms with van der Waals surface area (Å²) in [7, 11) is -1.15. The number of pyridine rings is 1. The second-order valence-electron chi connectivity index (χ2n) is 5.72. The average Bonchev–Trinajstić information content (AvgIpc) is 2.82. The van der Waals surface area contributed by atoms with Gasteiger partial charge in [0.05, 0.1) is 12.5 Å². The Morgan fingerprint density at radius 2 is 2.19 bits per heavy atom. The Kier molecular flexibility index (Phi) is 4.53. The quantitative estimate of drug-likeness (QED) is 0.626. The zero-order chi connectivity index (χ0) is 15.6. The first-order valence-electron chi connectivity index (χ1n) is 6.58. The van der Waals surface area contributed by atoms with E-state index in [0.29, 0.717) is 0 Å². The molecule has 0 amide bonds. The molecular weight excluding hydrogens is 292 g/mol. The zero-order valence-electron chi connectivity index (χ0n) is 12.2. The molecule has 21 heavy (non-hydrogen) atoms. The van der Waals surface area contributed by atoms with Crippen molar-refractivity contribution in [2.45, 2.75) is 37.0 Å². The summed E-state index contributed by atoms with van der Waals surface area (Å²) in [6.07, 6.45) is 3.25. The smallest absolute Gasteiger partial charge is 0.528 e. The Labute approximate surface area is 126 Å². The van der Waals surface area contributed by atoms with Crippen LogP contribution < -0.4 is 10.4 Å². The average molecular weight is 310 g/mol. The number of carboxylic acids is 1. The highest BCUT2D eigenvalue weighted by atomic mass is 32.2. The monoisotopic (exact) mass is 310 g/mol. The van der Waals surface area contributed by atoms with E-state index in [0.717, 1.165) is 5.56 Å². The third-order valence-corrected chi connectivity index (χ3v) is 5.27. The molecule has 0 saturated carbocycles. The van der Waals surface area contributed by atoms with Crippen LogP contribution >= 0.6 is 0 Å². The molecule has 0 bridgehead atoms. The van der Waals surface area contributed by atoms with E-state index in [-0.39, 0.29) is 6.54 Å². The minimum absolute atomic E-state index is 0.185. The predicted molar refractivity (Wildman–Crippen MR) is 77.4 cm³/mol. The lowest BCUT2D eigenvalue weighted by Crippen LogP contribution is -2.44. The Balaban J connectivity index is 2.29. The number of hydrogen-bond acceptors (Lipinski definition) is 6. The van der Waals surface area contributed by atoms with Crippen LogP contribution in [0.3, 0.4) is 0 Å². The number of carbonyl (C=O) groups is 2. The normalized spacial score (nSPS) is 25.6. The first-order valence-corrected chi connectivity index (χ1v) is 7.94. The van der Waals surface area contributed by atoms with E-state index >= 15 is 0 Å². The molecule has 0 radical (unpaired) electrons. The van der Waals surface area contributed by atoms with Gasteiger partial charge in [-0.2, -0.15) is 4.79 Å². The minimum atomic E-state index is -1.23. The van der Waals surface area contributed by atoms with Gasteiger partial charge in [-0.3, -0.25) is 10.3 Å². The zero-order valence-corrected chi connectivity index (χ0v) is 13.0. The summed E-state index contributed by atoms with van der Waals surface area (Å²) in [5.74, 6) is -1.23. The number of aliphatic carboxylic acids is 1. The highest BCUT2D eigenvalue weighted by Gasteiger charge is 2.54. The van der Waals surface area contributed by atoms with Gasteiger partial charge in [-0.15, -0.1) is 0 Å². The SMILES string of the molecule is CC(C)(C)OC(=O)[S+]1C(C(=O)[O-])CNC1c1cccnc1. The van der Waals surface area contributed by atoms with E-state index in [1.807, 2.05) is 6.07 Å². The Hall–Kier alpha value is -1.60. The van der Waals surface area contributed by atoms with Gasteiger partial charge < -0.3 is 14.6 Å². The minimum Gasteiger partial charge on any atom is -0.545 e. The number of nitrogens with one attached hydrogen (secondary N) is 1. The maximum Gasteiger partial charge on any atom is 0.528 e. The van der Waals surface area contributed by atoms with Crippen LogP contribution in [-0.4, -0.2) is 33.7 Å². The van der Waals surface area contributed by atoms with Crippen molar-refractivity contribution in [3.05, 3.63) is 30.1 Å². The molecule has 114 valence electrons. The lowest BCUT2D eigenvalue weighted by atomic mass is 10.2. The Morgan fingerprint density at radius 1 is 1.48 bits per heavy atom. The highest BCUT2D eigenvalue weighted by Crippen LogP contribution is 2.33. The molecule has 3 atom stereocenters. The number of nitrogens with zero attached hydrogens (tertiary/aromatic N) is 1. The summed E-state index contributed by atoms with van der Waals surface area (Å²) in [6.45, 7) is 5.45. The first kappa shape index (κ1) is 15.8. The van der Waals surface area contributed by atoms with Gasteiger partial charge >= 0.3 is 5.30 Å². The van der Waals surface area contributed by atoms with Crippen molar-refractivity contribution in [1.82, 2.24) is 10.3 Å². The summed E-state index contributed by atoms with van der Waals surface area (Å²) < 4.78 is 5.38. The molecule has 7 heteroatoms. The number of carbonyl (C=O) groups excluding carboxylic acids is 2. The molecule has 1 saturated heterocycles. The molecule has 0 aliphatic carbocycles. The number of aromatic nitrogens is 1. The number of hydrogen-bond donors (Lipinski definition) is 1. The summed E-state index contributed by atoms with van der Waals surface area (Å²) in [6, 6.07) is 3.56. The fraction of sp³-hybridized carbons (Fsp3) is 0.500. The molecule has 1 aliphatic heterocycles. The third kappa shape index (κ3) is 3.74. The number of carboxylic acid groups (broad SMARTS) is 1. The molecule has 3 unspecified atom stereocenters. The fourth-order valence-electron chi connectivity index (χ4n) is 2.05. The van der Waals surface area contributed by atoms with Gasteiger partial charge in [0.15, 0.2) is 5.25 Å². The second-order valence-corrected chi connectivity index (χ2v) is 7.84. The van der Waals surface area contributed by atoms with Gasteiger partial charge in [0.25, 0.3) is 0 Å². The van der Waals surface area contributed by atoms with Gasteiger partial charge in [0.1, 0.15) is 16.5 Å². The van der Waals surface area contributed by atoms with Crippen LogP contribution in [0.5, 0.6) is 0 Å². The standard InChI is InChI=1S/C14H18N2O4S/c1-14(2,3)20-13(19)21-10(12(17)18)8-16-11(21)9-5-4-6-15-7-9/h4-7,10-11,16H,8H2,1-3H3. The van der Waals surface area contributed by atoms with Gasteiger partial charge in [-0.05, 0) is 32.9 Å². The first-order chi connectivity index (χ1) is 9.79. The molecular formula is C14H18N2O4S. The molecule has 1 N–H and O–H groups in total. The van der Waals surface area contributed by atoms with Crippen LogP contribution in [0.4, 0.5) is 4.79 Å². The largest absolute Gasteiger partial charge is 0.545 e. The molecule has 2 rings (SSSR count). The lowest BCUT2D eigenvalue weighted by molar-refractivity contribution is -0.304. The predicted octanol–water partition coefficient (Wildman–Crippen LogP) is 0.355. The van der Waals surface area contributed by atoms with Crippen molar-refractivity contribution in [2.75, 3.05) is 6.54 Å². The van der Waals surface area contributed by atoms with E-state index in [2.05, 4.69) is 10.3 Å². The molecule has 2 heterocycles. The van der Waals surface area contributed by atoms with Crippen molar-refractivity contribution < 1.29 is 19.4 Å². The fourth-order valence-corrected chi connectivity index (χ4v) is 4.34. The summed E-state index contributed by atoms with van der Waals surface area (Å²) in [5.41, 5.74) is 0.110. The van der Waals surface area contributed by atoms with Gasteiger partial charge in [-0.1, -0.05) is 0 Å². The van der Waals surface area contributed by atoms with E-state index in [4.69, 9.17) is 4.74 Å². The summed E-state index contributed by atoms with van der Waals surface area (Å²) in [5, 5.41) is 12.6. The molecule has 6 nitrogen and oxygen atoms in total. The summed E-state index contributed by atoms with van der Waals surface area (Å²) in [4.78, 5) is 27.7. The second kappa shape index (κ2) is 6.03. The van der Waals surface area contributed by atoms with E-state index in [1.54, 1.807) is 39.2 Å². The van der Waals surface area contributed by atoms with Crippen LogP contribution in [0.15, 0.2) is 24.5 Å². The van der Waals surface area contributed by atoms with Crippen LogP contribution in [0.1, 0.15) is 31.7 Å². The van der Waals surface area contributed by atoms with Crippen molar-refractivity contribution >= 4 is 22.2 Å². The van der Waals surface area contributed by atoms with E-state index in [1.165, 1.54) is 0 Å². The van der Waals surface area contributed by atoms with Crippen LogP contribution in [-0.2, 0) is 20.4 Å². The summed E-state index contributed by atoms with van der Waals surface area (Å²) >= 11 is 0. The topological polar surface area (TPSA) is 91.4 Å². The van der Waals surface area contributed by atoms with Crippen molar-refractivity contribution in [3.8, 4) is 0 Å². The number of ether oxygens (including phenoxy) is 1. The van der Waals surface area contributed by atoms with Gasteiger partial charge in [0.2, 0.25) is 5.37 Å². The Morgan fingerprint density at radius 3 is 2.71 bits per heavy atom. The van der Waals surface area contributed by atoms with Gasteiger partial charge in [0, 0.05) is 18.0 Å². The molecule has 1 fully saturated rings. The number of rotatable bonds is 2.